The van der Waals surface area contributed by atoms with E-state index in [4.69, 9.17) is 4.74 Å². The van der Waals surface area contributed by atoms with Gasteiger partial charge in [0.05, 0.1) is 6.10 Å². The van der Waals surface area contributed by atoms with Gasteiger partial charge in [0.25, 0.3) is 0 Å². The van der Waals surface area contributed by atoms with Crippen molar-refractivity contribution in [2.45, 2.75) is 39.7 Å². The summed E-state index contributed by atoms with van der Waals surface area (Å²) in [6, 6.07) is 8.18. The molecule has 0 spiro atoms. The Hall–Kier alpha value is -1.50. The van der Waals surface area contributed by atoms with Crippen LogP contribution in [0.25, 0.3) is 6.08 Å². The number of hydrogen-bond donors (Lipinski definition) is 0. The van der Waals surface area contributed by atoms with E-state index in [9.17, 15) is 0 Å². The Morgan fingerprint density at radius 1 is 1.18 bits per heavy atom. The number of hydrogen-bond acceptors (Lipinski definition) is 1. The molecule has 0 radical (unpaired) electrons. The van der Waals surface area contributed by atoms with Crippen LogP contribution >= 0.6 is 0 Å². The van der Waals surface area contributed by atoms with Crippen molar-refractivity contribution in [3.63, 3.8) is 0 Å². The molecule has 0 fully saturated rings. The van der Waals surface area contributed by atoms with Crippen LogP contribution in [0.5, 0.6) is 5.75 Å². The quantitative estimate of drug-likeness (QED) is 0.635. The van der Waals surface area contributed by atoms with Crippen LogP contribution in [0.4, 0.5) is 0 Å². The fourth-order valence-corrected chi connectivity index (χ4v) is 1.51. The van der Waals surface area contributed by atoms with Crippen molar-refractivity contribution in [1.82, 2.24) is 0 Å². The highest BCUT2D eigenvalue weighted by atomic mass is 16.5. The molecule has 0 amide bonds. The van der Waals surface area contributed by atoms with E-state index < -0.39 is 0 Å². The van der Waals surface area contributed by atoms with E-state index in [0.717, 1.165) is 18.6 Å². The summed E-state index contributed by atoms with van der Waals surface area (Å²) in [4.78, 5) is 0. The van der Waals surface area contributed by atoms with Crippen molar-refractivity contribution in [3.8, 4) is 5.75 Å². The first-order valence-electron chi connectivity index (χ1n) is 6.30. The van der Waals surface area contributed by atoms with Crippen LogP contribution in [0, 0.1) is 0 Å². The van der Waals surface area contributed by atoms with Crippen LogP contribution in [-0.4, -0.2) is 6.10 Å². The first-order valence-corrected chi connectivity index (χ1v) is 6.30. The van der Waals surface area contributed by atoms with Gasteiger partial charge < -0.3 is 4.74 Å². The van der Waals surface area contributed by atoms with Gasteiger partial charge in [-0.3, -0.25) is 0 Å². The second-order valence-corrected chi connectivity index (χ2v) is 4.26. The average Bonchev–Trinajstić information content (AvgIpc) is 2.28. The van der Waals surface area contributed by atoms with Gasteiger partial charge in [-0.15, -0.1) is 0 Å². The van der Waals surface area contributed by atoms with Crippen molar-refractivity contribution in [2.75, 3.05) is 0 Å². The lowest BCUT2D eigenvalue weighted by Crippen LogP contribution is -2.05. The second kappa shape index (κ2) is 7.72. The third-order valence-electron chi connectivity index (χ3n) is 2.21. The standard InChI is InChI=1S/C16H22O/c1-4-5-6-7-8-10-15-11-9-12-16(13-15)17-14(2)3/h5-6,8-14H,4,7H2,1-3H3/b6-5-,10-8+. The maximum absolute atomic E-state index is 5.65. The van der Waals surface area contributed by atoms with Gasteiger partial charge in [-0.2, -0.15) is 0 Å². The van der Waals surface area contributed by atoms with Crippen molar-refractivity contribution in [1.29, 1.82) is 0 Å². The van der Waals surface area contributed by atoms with Crippen LogP contribution in [-0.2, 0) is 0 Å². The summed E-state index contributed by atoms with van der Waals surface area (Å²) >= 11 is 0. The zero-order chi connectivity index (χ0) is 12.5. The molecule has 1 aromatic rings. The third-order valence-corrected chi connectivity index (χ3v) is 2.21. The van der Waals surface area contributed by atoms with Crippen LogP contribution in [0.2, 0.25) is 0 Å². The molecule has 92 valence electrons. The normalized spacial score (nSPS) is 11.8. The van der Waals surface area contributed by atoms with Crippen LogP contribution in [0.3, 0.4) is 0 Å². The summed E-state index contributed by atoms with van der Waals surface area (Å²) in [5.74, 6) is 0.936. The van der Waals surface area contributed by atoms with Crippen molar-refractivity contribution >= 4 is 6.08 Å². The summed E-state index contributed by atoms with van der Waals surface area (Å²) in [7, 11) is 0. The summed E-state index contributed by atoms with van der Waals surface area (Å²) in [5, 5.41) is 0. The minimum Gasteiger partial charge on any atom is -0.491 e. The molecule has 1 nitrogen and oxygen atoms in total. The van der Waals surface area contributed by atoms with E-state index in [1.54, 1.807) is 0 Å². The first-order chi connectivity index (χ1) is 8.22. The Morgan fingerprint density at radius 3 is 2.71 bits per heavy atom. The van der Waals surface area contributed by atoms with E-state index in [1.165, 1.54) is 5.56 Å². The highest BCUT2D eigenvalue weighted by Crippen LogP contribution is 2.16. The molecule has 1 aromatic carbocycles. The van der Waals surface area contributed by atoms with Gasteiger partial charge in [0.15, 0.2) is 0 Å². The first kappa shape index (κ1) is 13.6. The fraction of sp³-hybridized carbons (Fsp3) is 0.375. The molecular weight excluding hydrogens is 208 g/mol. The minimum absolute atomic E-state index is 0.224. The molecule has 0 saturated carbocycles. The van der Waals surface area contributed by atoms with Gasteiger partial charge in [-0.25, -0.2) is 0 Å². The number of benzene rings is 1. The number of rotatable bonds is 6. The summed E-state index contributed by atoms with van der Waals surface area (Å²) in [6.07, 6.45) is 11.0. The molecule has 0 aliphatic rings. The Kier molecular flexibility index (Phi) is 6.16. The lowest BCUT2D eigenvalue weighted by Gasteiger charge is -2.09. The second-order valence-electron chi connectivity index (χ2n) is 4.26. The molecule has 0 bridgehead atoms. The topological polar surface area (TPSA) is 9.23 Å². The van der Waals surface area contributed by atoms with Crippen LogP contribution < -0.4 is 4.74 Å². The molecule has 0 atom stereocenters. The molecule has 0 aliphatic carbocycles. The molecule has 0 N–H and O–H groups in total. The molecule has 0 unspecified atom stereocenters. The van der Waals surface area contributed by atoms with Crippen molar-refractivity contribution < 1.29 is 4.74 Å². The summed E-state index contributed by atoms with van der Waals surface area (Å²) in [5.41, 5.74) is 1.19. The van der Waals surface area contributed by atoms with Gasteiger partial charge in [-0.1, -0.05) is 43.4 Å². The third kappa shape index (κ3) is 5.96. The highest BCUT2D eigenvalue weighted by Gasteiger charge is 1.96. The molecule has 0 heterocycles. The predicted octanol–water partition coefficient (Wildman–Crippen LogP) is 4.84. The van der Waals surface area contributed by atoms with Crippen LogP contribution in [0.1, 0.15) is 39.2 Å². The lowest BCUT2D eigenvalue weighted by molar-refractivity contribution is 0.242. The Morgan fingerprint density at radius 2 is 2.00 bits per heavy atom. The van der Waals surface area contributed by atoms with Crippen LogP contribution in [0.15, 0.2) is 42.5 Å². The van der Waals surface area contributed by atoms with E-state index in [2.05, 4.69) is 43.4 Å². The summed E-state index contributed by atoms with van der Waals surface area (Å²) in [6.45, 7) is 6.23. The average molecular weight is 230 g/mol. The Labute approximate surface area is 105 Å². The van der Waals surface area contributed by atoms with E-state index in [1.807, 2.05) is 26.0 Å². The van der Waals surface area contributed by atoms with Crippen molar-refractivity contribution in [2.24, 2.45) is 0 Å². The highest BCUT2D eigenvalue weighted by molar-refractivity contribution is 5.51. The van der Waals surface area contributed by atoms with Gasteiger partial charge in [0, 0.05) is 0 Å². The van der Waals surface area contributed by atoms with Gasteiger partial charge in [-0.05, 0) is 44.4 Å². The number of ether oxygens (including phenoxy) is 1. The lowest BCUT2D eigenvalue weighted by atomic mass is 10.2. The SMILES string of the molecule is CC/C=C\C/C=C/c1cccc(OC(C)C)c1. The zero-order valence-corrected chi connectivity index (χ0v) is 11.0. The van der Waals surface area contributed by atoms with Gasteiger partial charge in [0.2, 0.25) is 0 Å². The fourth-order valence-electron chi connectivity index (χ4n) is 1.51. The van der Waals surface area contributed by atoms with E-state index >= 15 is 0 Å². The maximum atomic E-state index is 5.65. The Balaban J connectivity index is 2.56. The molecule has 17 heavy (non-hydrogen) atoms. The summed E-state index contributed by atoms with van der Waals surface area (Å²) < 4.78 is 5.65. The minimum atomic E-state index is 0.224. The van der Waals surface area contributed by atoms with E-state index in [0.29, 0.717) is 0 Å². The van der Waals surface area contributed by atoms with Gasteiger partial charge in [0.1, 0.15) is 5.75 Å². The largest absolute Gasteiger partial charge is 0.491 e. The zero-order valence-electron chi connectivity index (χ0n) is 11.0. The van der Waals surface area contributed by atoms with Gasteiger partial charge >= 0.3 is 0 Å². The van der Waals surface area contributed by atoms with Crippen molar-refractivity contribution in [3.05, 3.63) is 48.1 Å². The molecule has 1 heteroatoms. The van der Waals surface area contributed by atoms with E-state index in [-0.39, 0.29) is 6.10 Å². The molecule has 0 saturated heterocycles. The Bertz CT molecular complexity index is 375. The predicted molar refractivity (Wildman–Crippen MR) is 75.3 cm³/mol. The monoisotopic (exact) mass is 230 g/mol. The maximum Gasteiger partial charge on any atom is 0.120 e. The molecule has 0 aromatic heterocycles. The smallest absolute Gasteiger partial charge is 0.120 e. The number of allylic oxidation sites excluding steroid dienone is 3. The molecule has 1 rings (SSSR count). The molecule has 0 aliphatic heterocycles. The molecular formula is C16H22O.